The van der Waals surface area contributed by atoms with Gasteiger partial charge < -0.3 is 5.32 Å². The van der Waals surface area contributed by atoms with E-state index in [1.54, 1.807) is 12.1 Å². The van der Waals surface area contributed by atoms with Crippen molar-refractivity contribution in [2.24, 2.45) is 5.92 Å². The van der Waals surface area contributed by atoms with Crippen LogP contribution in [0.4, 0.5) is 15.8 Å². The summed E-state index contributed by atoms with van der Waals surface area (Å²) in [6, 6.07) is 18.9. The van der Waals surface area contributed by atoms with Crippen molar-refractivity contribution in [2.45, 2.75) is 23.3 Å². The van der Waals surface area contributed by atoms with Gasteiger partial charge in [0.05, 0.1) is 10.9 Å². The summed E-state index contributed by atoms with van der Waals surface area (Å²) in [7, 11) is -3.79. The molecule has 5 rings (SSSR count). The number of rotatable bonds is 4. The van der Waals surface area contributed by atoms with Crippen LogP contribution in [-0.4, -0.2) is 8.42 Å². The summed E-state index contributed by atoms with van der Waals surface area (Å²) in [5.74, 6) is 0.0351. The van der Waals surface area contributed by atoms with Gasteiger partial charge in [0.1, 0.15) is 5.82 Å². The number of anilines is 2. The van der Waals surface area contributed by atoms with Crippen LogP contribution in [0, 0.1) is 11.7 Å². The molecule has 3 atom stereocenters. The Balaban J connectivity index is 1.49. The first kappa shape index (κ1) is 20.3. The van der Waals surface area contributed by atoms with Crippen molar-refractivity contribution >= 4 is 37.3 Å². The first-order valence-electron chi connectivity index (χ1n) is 10.0. The molecule has 1 heterocycles. The number of benzene rings is 3. The third-order valence-electron chi connectivity index (χ3n) is 5.95. The Morgan fingerprint density at radius 1 is 1.03 bits per heavy atom. The van der Waals surface area contributed by atoms with E-state index in [4.69, 9.17) is 0 Å². The zero-order chi connectivity index (χ0) is 21.6. The fourth-order valence-corrected chi connectivity index (χ4v) is 6.01. The molecule has 31 heavy (non-hydrogen) atoms. The van der Waals surface area contributed by atoms with E-state index in [-0.39, 0.29) is 16.9 Å². The zero-order valence-electron chi connectivity index (χ0n) is 16.4. The van der Waals surface area contributed by atoms with Gasteiger partial charge in [-0.25, -0.2) is 12.8 Å². The lowest BCUT2D eigenvalue weighted by Crippen LogP contribution is -2.29. The first-order valence-corrected chi connectivity index (χ1v) is 12.3. The number of sulfonamides is 1. The summed E-state index contributed by atoms with van der Waals surface area (Å²) in [5, 5.41) is 3.63. The van der Waals surface area contributed by atoms with Gasteiger partial charge in [-0.3, -0.25) is 4.72 Å². The van der Waals surface area contributed by atoms with Gasteiger partial charge >= 0.3 is 0 Å². The molecule has 0 aromatic heterocycles. The van der Waals surface area contributed by atoms with Crippen molar-refractivity contribution in [3.8, 4) is 0 Å². The minimum absolute atomic E-state index is 0.140. The summed E-state index contributed by atoms with van der Waals surface area (Å²) in [5.41, 5.74) is 3.45. The number of halogens is 2. The molecule has 0 saturated carbocycles. The third-order valence-corrected chi connectivity index (χ3v) is 7.82. The van der Waals surface area contributed by atoms with Gasteiger partial charge in [0.2, 0.25) is 0 Å². The highest BCUT2D eigenvalue weighted by Gasteiger charge is 2.38. The maximum atomic E-state index is 13.1. The van der Waals surface area contributed by atoms with E-state index in [1.807, 2.05) is 18.2 Å². The van der Waals surface area contributed by atoms with Crippen LogP contribution < -0.4 is 10.0 Å². The van der Waals surface area contributed by atoms with Gasteiger partial charge in [0.25, 0.3) is 10.0 Å². The predicted molar refractivity (Wildman–Crippen MR) is 124 cm³/mol. The highest BCUT2D eigenvalue weighted by molar-refractivity contribution is 9.10. The molecule has 0 fully saturated rings. The minimum atomic E-state index is -3.79. The largest absolute Gasteiger partial charge is 0.378 e. The molecular formula is C24H20BrFN2O2S. The van der Waals surface area contributed by atoms with Crippen LogP contribution in [0.5, 0.6) is 0 Å². The Morgan fingerprint density at radius 3 is 2.61 bits per heavy atom. The Bertz CT molecular complexity index is 1270. The molecule has 0 bridgehead atoms. The van der Waals surface area contributed by atoms with Crippen molar-refractivity contribution in [1.29, 1.82) is 0 Å². The van der Waals surface area contributed by atoms with Crippen LogP contribution >= 0.6 is 15.9 Å². The molecule has 158 valence electrons. The van der Waals surface area contributed by atoms with Gasteiger partial charge in [-0.15, -0.1) is 0 Å². The van der Waals surface area contributed by atoms with E-state index in [1.165, 1.54) is 29.8 Å². The molecule has 3 aromatic carbocycles. The molecule has 1 aliphatic carbocycles. The first-order chi connectivity index (χ1) is 14.9. The van der Waals surface area contributed by atoms with Crippen LogP contribution in [0.15, 0.2) is 88.3 Å². The van der Waals surface area contributed by atoms with Crippen LogP contribution in [0.3, 0.4) is 0 Å². The van der Waals surface area contributed by atoms with Gasteiger partial charge in [-0.2, -0.15) is 0 Å². The highest BCUT2D eigenvalue weighted by Crippen LogP contribution is 2.50. The third kappa shape index (κ3) is 3.88. The second kappa shape index (κ2) is 7.80. The molecule has 1 aliphatic heterocycles. The van der Waals surface area contributed by atoms with E-state index < -0.39 is 15.8 Å². The predicted octanol–water partition coefficient (Wildman–Crippen LogP) is 6.22. The van der Waals surface area contributed by atoms with Gasteiger partial charge in [-0.05, 0) is 78.1 Å². The second-order valence-corrected chi connectivity index (χ2v) is 10.5. The average Bonchev–Trinajstić information content (AvgIpc) is 3.24. The SMILES string of the molecule is O=S(=O)(Nc1ccc(F)cc1)c1ccc2c(c1)[C@H]1C=CC[C@H]1[C@@H](c1cccc(Br)c1)N2. The smallest absolute Gasteiger partial charge is 0.261 e. The number of fused-ring (bicyclic) bond motifs is 3. The van der Waals surface area contributed by atoms with Crippen molar-refractivity contribution in [2.75, 3.05) is 10.0 Å². The fourth-order valence-electron chi connectivity index (χ4n) is 4.50. The normalized spacial score (nSPS) is 21.8. The summed E-state index contributed by atoms with van der Waals surface area (Å²) in [6.45, 7) is 0. The van der Waals surface area contributed by atoms with Gasteiger partial charge in [-0.1, -0.05) is 40.2 Å². The van der Waals surface area contributed by atoms with Crippen LogP contribution in [0.2, 0.25) is 0 Å². The molecular weight excluding hydrogens is 479 g/mol. The lowest BCUT2D eigenvalue weighted by Gasteiger charge is -2.37. The van der Waals surface area contributed by atoms with E-state index in [2.05, 4.69) is 50.3 Å². The maximum absolute atomic E-state index is 13.1. The lowest BCUT2D eigenvalue weighted by atomic mass is 9.77. The van der Waals surface area contributed by atoms with E-state index >= 15 is 0 Å². The topological polar surface area (TPSA) is 58.2 Å². The number of allylic oxidation sites excluding steroid dienone is 2. The highest BCUT2D eigenvalue weighted by atomic mass is 79.9. The number of hydrogen-bond acceptors (Lipinski definition) is 3. The lowest BCUT2D eigenvalue weighted by molar-refractivity contribution is 0.425. The molecule has 3 aromatic rings. The Kier molecular flexibility index (Phi) is 5.10. The zero-order valence-corrected chi connectivity index (χ0v) is 18.8. The fraction of sp³-hybridized carbons (Fsp3) is 0.167. The monoisotopic (exact) mass is 498 g/mol. The van der Waals surface area contributed by atoms with Gasteiger partial charge in [0.15, 0.2) is 0 Å². The quantitative estimate of drug-likeness (QED) is 0.420. The van der Waals surface area contributed by atoms with E-state index in [9.17, 15) is 12.8 Å². The summed E-state index contributed by atoms with van der Waals surface area (Å²) in [4.78, 5) is 0.192. The molecule has 0 saturated heterocycles. The van der Waals surface area contributed by atoms with E-state index in [0.717, 1.165) is 22.1 Å². The van der Waals surface area contributed by atoms with E-state index in [0.29, 0.717) is 11.6 Å². The van der Waals surface area contributed by atoms with Crippen LogP contribution in [0.1, 0.15) is 29.5 Å². The summed E-state index contributed by atoms with van der Waals surface area (Å²) in [6.07, 6.45) is 5.28. The molecule has 0 radical (unpaired) electrons. The van der Waals surface area contributed by atoms with Crippen molar-refractivity contribution in [3.05, 3.63) is 100 Å². The van der Waals surface area contributed by atoms with Crippen molar-refractivity contribution < 1.29 is 12.8 Å². The molecule has 2 aliphatic rings. The summed E-state index contributed by atoms with van der Waals surface area (Å²) < 4.78 is 42.6. The second-order valence-electron chi connectivity index (χ2n) is 7.89. The average molecular weight is 499 g/mol. The van der Waals surface area contributed by atoms with Gasteiger partial charge in [0, 0.05) is 21.8 Å². The van der Waals surface area contributed by atoms with Crippen LogP contribution in [0.25, 0.3) is 0 Å². The maximum Gasteiger partial charge on any atom is 0.261 e. The van der Waals surface area contributed by atoms with Crippen molar-refractivity contribution in [3.63, 3.8) is 0 Å². The Labute approximate surface area is 189 Å². The molecule has 4 nitrogen and oxygen atoms in total. The molecule has 2 N–H and O–H groups in total. The minimum Gasteiger partial charge on any atom is -0.378 e. The molecule has 0 amide bonds. The van der Waals surface area contributed by atoms with Crippen molar-refractivity contribution in [1.82, 2.24) is 0 Å². The Morgan fingerprint density at radius 2 is 1.84 bits per heavy atom. The molecule has 0 spiro atoms. The van der Waals surface area contributed by atoms with Crippen LogP contribution in [-0.2, 0) is 10.0 Å². The number of nitrogens with one attached hydrogen (secondary N) is 2. The molecule has 7 heteroatoms. The Hall–Kier alpha value is -2.64. The summed E-state index contributed by atoms with van der Waals surface area (Å²) >= 11 is 3.56. The standard InChI is InChI=1S/C24H20BrFN2O2S/c25-16-4-1-3-15(13-16)24-21-6-2-5-20(21)22-14-19(11-12-23(22)27-24)31(29,30)28-18-9-7-17(26)8-10-18/h1-5,7-14,20-21,24,27-28H,6H2/t20-,21+,24+/m0/s1. The molecule has 0 unspecified atom stereocenters. The number of hydrogen-bond donors (Lipinski definition) is 2.